The molecule has 21 heavy (non-hydrogen) atoms. The molecule has 2 aromatic rings. The molecule has 1 atom stereocenters. The number of carbonyl (C=O) groups excluding carboxylic acids is 1. The largest absolute Gasteiger partial charge is 0.508 e. The molecule has 0 fully saturated rings. The highest BCUT2D eigenvalue weighted by molar-refractivity contribution is 5.81. The minimum Gasteiger partial charge on any atom is -0.508 e. The van der Waals surface area contributed by atoms with Crippen LogP contribution in [0.1, 0.15) is 11.1 Å². The average molecular weight is 284 g/mol. The molecule has 0 aliphatic carbocycles. The van der Waals surface area contributed by atoms with Crippen molar-refractivity contribution in [1.82, 2.24) is 4.90 Å². The fraction of sp³-hybridized carbons (Fsp3) is 0.235. The number of hydrogen-bond donors (Lipinski definition) is 2. The number of nitrogens with two attached hydrogens (primary N) is 1. The molecule has 0 radical (unpaired) electrons. The Morgan fingerprint density at radius 2 is 1.76 bits per heavy atom. The third-order valence-corrected chi connectivity index (χ3v) is 3.39. The van der Waals surface area contributed by atoms with E-state index in [-0.39, 0.29) is 11.7 Å². The lowest BCUT2D eigenvalue weighted by molar-refractivity contribution is -0.131. The van der Waals surface area contributed by atoms with Gasteiger partial charge in [-0.3, -0.25) is 4.79 Å². The minimum atomic E-state index is -0.580. The Bertz CT molecular complexity index is 599. The van der Waals surface area contributed by atoms with Crippen molar-refractivity contribution in [3.05, 3.63) is 65.7 Å². The number of aromatic hydroxyl groups is 1. The quantitative estimate of drug-likeness (QED) is 0.881. The lowest BCUT2D eigenvalue weighted by atomic mass is 10.1. The van der Waals surface area contributed by atoms with E-state index in [1.165, 1.54) is 0 Å². The van der Waals surface area contributed by atoms with Crippen molar-refractivity contribution in [3.8, 4) is 5.75 Å². The van der Waals surface area contributed by atoms with Crippen LogP contribution in [-0.2, 0) is 17.8 Å². The van der Waals surface area contributed by atoms with Crippen molar-refractivity contribution in [2.24, 2.45) is 5.73 Å². The van der Waals surface area contributed by atoms with Crippen LogP contribution in [0.2, 0.25) is 0 Å². The molecular weight excluding hydrogens is 264 g/mol. The first-order chi connectivity index (χ1) is 10.1. The first-order valence-corrected chi connectivity index (χ1v) is 6.89. The van der Waals surface area contributed by atoms with Gasteiger partial charge in [-0.25, -0.2) is 0 Å². The van der Waals surface area contributed by atoms with Crippen LogP contribution in [0.15, 0.2) is 54.6 Å². The summed E-state index contributed by atoms with van der Waals surface area (Å²) in [6.45, 7) is 0.341. The molecule has 0 unspecified atom stereocenters. The SMILES string of the molecule is CN(Cc1ccccc1O)C(=O)[C@H](N)Cc1ccccc1. The normalized spacial score (nSPS) is 11.9. The molecule has 4 heteroatoms. The fourth-order valence-corrected chi connectivity index (χ4v) is 2.22. The second-order valence-corrected chi connectivity index (χ2v) is 5.12. The molecule has 2 rings (SSSR count). The Balaban J connectivity index is 1.97. The lowest BCUT2D eigenvalue weighted by Crippen LogP contribution is -2.42. The zero-order valence-electron chi connectivity index (χ0n) is 12.1. The van der Waals surface area contributed by atoms with Crippen LogP contribution < -0.4 is 5.73 Å². The molecule has 0 aromatic heterocycles. The third-order valence-electron chi connectivity index (χ3n) is 3.39. The Labute approximate surface area is 124 Å². The molecule has 3 N–H and O–H groups in total. The number of nitrogens with zero attached hydrogens (tertiary/aromatic N) is 1. The first kappa shape index (κ1) is 15.1. The van der Waals surface area contributed by atoms with Gasteiger partial charge in [-0.05, 0) is 18.1 Å². The Hall–Kier alpha value is -2.33. The summed E-state index contributed by atoms with van der Waals surface area (Å²) in [6.07, 6.45) is 0.505. The van der Waals surface area contributed by atoms with E-state index in [1.807, 2.05) is 36.4 Å². The van der Waals surface area contributed by atoms with Gasteiger partial charge in [0.2, 0.25) is 5.91 Å². The molecule has 0 saturated carbocycles. The molecule has 0 bridgehead atoms. The molecule has 0 aliphatic rings. The maximum atomic E-state index is 12.3. The minimum absolute atomic E-state index is 0.137. The summed E-state index contributed by atoms with van der Waals surface area (Å²) in [6, 6.07) is 16.1. The molecule has 0 heterocycles. The number of benzene rings is 2. The summed E-state index contributed by atoms with van der Waals surface area (Å²) in [5, 5.41) is 9.75. The second-order valence-electron chi connectivity index (χ2n) is 5.12. The van der Waals surface area contributed by atoms with E-state index in [0.717, 1.165) is 5.56 Å². The van der Waals surface area contributed by atoms with Crippen LogP contribution in [0, 0.1) is 0 Å². The Kier molecular flexibility index (Phi) is 4.95. The molecule has 0 saturated heterocycles. The van der Waals surface area contributed by atoms with E-state index in [4.69, 9.17) is 5.73 Å². The summed E-state index contributed by atoms with van der Waals surface area (Å²) < 4.78 is 0. The molecule has 0 aliphatic heterocycles. The van der Waals surface area contributed by atoms with E-state index >= 15 is 0 Å². The molecule has 4 nitrogen and oxygen atoms in total. The highest BCUT2D eigenvalue weighted by Gasteiger charge is 2.19. The number of phenols is 1. The van der Waals surface area contributed by atoms with Crippen LogP contribution in [0.4, 0.5) is 0 Å². The molecule has 1 amide bonds. The molecule has 2 aromatic carbocycles. The fourth-order valence-electron chi connectivity index (χ4n) is 2.22. The van der Waals surface area contributed by atoms with Crippen molar-refractivity contribution >= 4 is 5.91 Å². The van der Waals surface area contributed by atoms with Gasteiger partial charge in [0.1, 0.15) is 5.75 Å². The highest BCUT2D eigenvalue weighted by Crippen LogP contribution is 2.17. The van der Waals surface area contributed by atoms with Gasteiger partial charge in [0, 0.05) is 19.2 Å². The van der Waals surface area contributed by atoms with E-state index < -0.39 is 6.04 Å². The first-order valence-electron chi connectivity index (χ1n) is 6.89. The number of likely N-dealkylation sites (N-methyl/N-ethyl adjacent to an activating group) is 1. The Morgan fingerprint density at radius 3 is 2.43 bits per heavy atom. The van der Waals surface area contributed by atoms with Crippen molar-refractivity contribution in [2.75, 3.05) is 7.05 Å². The van der Waals surface area contributed by atoms with Gasteiger partial charge >= 0.3 is 0 Å². The summed E-state index contributed by atoms with van der Waals surface area (Å²) in [5.74, 6) is 0.0517. The van der Waals surface area contributed by atoms with Gasteiger partial charge < -0.3 is 15.7 Å². The maximum Gasteiger partial charge on any atom is 0.239 e. The number of amides is 1. The zero-order chi connectivity index (χ0) is 15.2. The number of rotatable bonds is 5. The van der Waals surface area contributed by atoms with E-state index in [0.29, 0.717) is 18.5 Å². The predicted octanol–water partition coefficient (Wildman–Crippen LogP) is 1.92. The van der Waals surface area contributed by atoms with Crippen LogP contribution >= 0.6 is 0 Å². The summed E-state index contributed by atoms with van der Waals surface area (Å²) in [5.41, 5.74) is 7.73. The van der Waals surface area contributed by atoms with Gasteiger partial charge in [0.15, 0.2) is 0 Å². The number of phenolic OH excluding ortho intramolecular Hbond substituents is 1. The van der Waals surface area contributed by atoms with Crippen LogP contribution in [0.25, 0.3) is 0 Å². The Morgan fingerprint density at radius 1 is 1.14 bits per heavy atom. The van der Waals surface area contributed by atoms with Gasteiger partial charge in [-0.1, -0.05) is 48.5 Å². The van der Waals surface area contributed by atoms with E-state index in [2.05, 4.69) is 0 Å². The second kappa shape index (κ2) is 6.90. The summed E-state index contributed by atoms with van der Waals surface area (Å²) in [7, 11) is 1.69. The van der Waals surface area contributed by atoms with E-state index in [9.17, 15) is 9.90 Å². The van der Waals surface area contributed by atoms with Crippen molar-refractivity contribution in [2.45, 2.75) is 19.0 Å². The predicted molar refractivity (Wildman–Crippen MR) is 82.7 cm³/mol. The maximum absolute atomic E-state index is 12.3. The monoisotopic (exact) mass is 284 g/mol. The van der Waals surface area contributed by atoms with Crippen LogP contribution in [0.3, 0.4) is 0 Å². The molecule has 0 spiro atoms. The number of hydrogen-bond acceptors (Lipinski definition) is 3. The standard InChI is InChI=1S/C17H20N2O2/c1-19(12-14-9-5-6-10-16(14)20)17(21)15(18)11-13-7-3-2-4-8-13/h2-10,15,20H,11-12,18H2,1H3/t15-/m1/s1. The molecular formula is C17H20N2O2. The highest BCUT2D eigenvalue weighted by atomic mass is 16.3. The van der Waals surface area contributed by atoms with Gasteiger partial charge in [-0.2, -0.15) is 0 Å². The van der Waals surface area contributed by atoms with Crippen molar-refractivity contribution < 1.29 is 9.90 Å². The van der Waals surface area contributed by atoms with Gasteiger partial charge in [0.05, 0.1) is 6.04 Å². The van der Waals surface area contributed by atoms with Crippen LogP contribution in [0.5, 0.6) is 5.75 Å². The van der Waals surface area contributed by atoms with Crippen LogP contribution in [-0.4, -0.2) is 29.0 Å². The van der Waals surface area contributed by atoms with E-state index in [1.54, 1.807) is 30.1 Å². The topological polar surface area (TPSA) is 66.6 Å². The molecule has 110 valence electrons. The summed E-state index contributed by atoms with van der Waals surface area (Å²) >= 11 is 0. The number of carbonyl (C=O) groups is 1. The summed E-state index contributed by atoms with van der Waals surface area (Å²) in [4.78, 5) is 13.8. The lowest BCUT2D eigenvalue weighted by Gasteiger charge is -2.22. The van der Waals surface area contributed by atoms with Gasteiger partial charge in [-0.15, -0.1) is 0 Å². The zero-order valence-corrected chi connectivity index (χ0v) is 12.1. The average Bonchev–Trinajstić information content (AvgIpc) is 2.49. The van der Waals surface area contributed by atoms with Crippen molar-refractivity contribution in [1.29, 1.82) is 0 Å². The number of para-hydroxylation sites is 1. The van der Waals surface area contributed by atoms with Gasteiger partial charge in [0.25, 0.3) is 0 Å². The third kappa shape index (κ3) is 4.07. The van der Waals surface area contributed by atoms with Crippen molar-refractivity contribution in [3.63, 3.8) is 0 Å². The smallest absolute Gasteiger partial charge is 0.239 e.